The zero-order valence-corrected chi connectivity index (χ0v) is 14.8. The van der Waals surface area contributed by atoms with Gasteiger partial charge in [0, 0.05) is 44.0 Å². The number of nitrogens with one attached hydrogen (secondary N) is 1. The molecule has 1 atom stereocenters. The highest BCUT2D eigenvalue weighted by atomic mass is 32.1. The number of amides is 1. The van der Waals surface area contributed by atoms with Crippen molar-refractivity contribution >= 4 is 17.2 Å². The Morgan fingerprint density at radius 2 is 2.33 bits per heavy atom. The number of nitrogens with zero attached hydrogens (tertiary/aromatic N) is 3. The molecule has 1 unspecified atom stereocenters. The number of thiophene rings is 1. The number of hydrogen-bond donors (Lipinski definition) is 1. The summed E-state index contributed by atoms with van der Waals surface area (Å²) in [5.74, 6) is 0.0341. The lowest BCUT2D eigenvalue weighted by Crippen LogP contribution is -2.48. The Labute approximate surface area is 145 Å². The summed E-state index contributed by atoms with van der Waals surface area (Å²) in [6, 6.07) is 5.52. The van der Waals surface area contributed by atoms with Gasteiger partial charge in [0.25, 0.3) is 5.56 Å². The van der Waals surface area contributed by atoms with Crippen LogP contribution in [0.25, 0.3) is 0 Å². The molecule has 0 fully saturated rings. The topological polar surface area (TPSA) is 67.2 Å². The van der Waals surface area contributed by atoms with E-state index in [0.717, 1.165) is 30.6 Å². The Balaban J connectivity index is 1.56. The van der Waals surface area contributed by atoms with Gasteiger partial charge < -0.3 is 5.32 Å². The highest BCUT2D eigenvalue weighted by Gasteiger charge is 2.26. The minimum absolute atomic E-state index is 0.0341. The summed E-state index contributed by atoms with van der Waals surface area (Å²) in [6.07, 6.45) is 1.62. The van der Waals surface area contributed by atoms with Crippen LogP contribution in [-0.2, 0) is 31.2 Å². The molecule has 3 heterocycles. The van der Waals surface area contributed by atoms with Crippen molar-refractivity contribution in [2.75, 3.05) is 13.1 Å². The molecule has 6 nitrogen and oxygen atoms in total. The fourth-order valence-corrected chi connectivity index (χ4v) is 3.63. The molecular formula is C17H22N4O2S. The fraction of sp³-hybridized carbons (Fsp3) is 0.471. The van der Waals surface area contributed by atoms with Crippen molar-refractivity contribution in [3.8, 4) is 0 Å². The Morgan fingerprint density at radius 3 is 3.08 bits per heavy atom. The van der Waals surface area contributed by atoms with Gasteiger partial charge in [0.15, 0.2) is 0 Å². The molecule has 0 spiro atoms. The quantitative estimate of drug-likeness (QED) is 0.875. The second-order valence-electron chi connectivity index (χ2n) is 6.09. The number of fused-ring (bicyclic) bond motifs is 1. The van der Waals surface area contributed by atoms with Crippen molar-refractivity contribution in [2.45, 2.75) is 32.4 Å². The Bertz CT molecular complexity index is 769. The molecule has 1 aliphatic heterocycles. The van der Waals surface area contributed by atoms with Gasteiger partial charge in [-0.25, -0.2) is 4.68 Å². The molecule has 2 aromatic heterocycles. The van der Waals surface area contributed by atoms with Crippen LogP contribution >= 0.6 is 11.3 Å². The highest BCUT2D eigenvalue weighted by molar-refractivity contribution is 7.09. The van der Waals surface area contributed by atoms with E-state index < -0.39 is 0 Å². The van der Waals surface area contributed by atoms with Crippen LogP contribution < -0.4 is 10.9 Å². The summed E-state index contributed by atoms with van der Waals surface area (Å²) < 4.78 is 1.37. The maximum Gasteiger partial charge on any atom is 0.266 e. The average molecular weight is 346 g/mol. The van der Waals surface area contributed by atoms with Crippen LogP contribution in [-0.4, -0.2) is 39.7 Å². The predicted octanol–water partition coefficient (Wildman–Crippen LogP) is 0.947. The third-order valence-electron chi connectivity index (χ3n) is 4.45. The first-order chi connectivity index (χ1) is 11.5. The van der Waals surface area contributed by atoms with Crippen LogP contribution in [0.1, 0.15) is 23.1 Å². The molecule has 0 saturated heterocycles. The van der Waals surface area contributed by atoms with Crippen molar-refractivity contribution in [2.24, 2.45) is 7.05 Å². The van der Waals surface area contributed by atoms with Crippen molar-refractivity contribution in [3.05, 3.63) is 50.1 Å². The molecule has 0 aliphatic carbocycles. The lowest BCUT2D eigenvalue weighted by molar-refractivity contribution is -0.126. The standard InChI is InChI=1S/C17H22N4O2S/c1-12(17(23)18-7-5-14-4-3-9-24-14)21-8-6-15-13(11-21)10-16(22)20(2)19-15/h3-4,9-10,12H,5-8,11H2,1-2H3,(H,18,23). The zero-order valence-electron chi connectivity index (χ0n) is 14.0. The van der Waals surface area contributed by atoms with E-state index in [0.29, 0.717) is 13.1 Å². The zero-order chi connectivity index (χ0) is 17.1. The maximum absolute atomic E-state index is 12.4. The lowest BCUT2D eigenvalue weighted by Gasteiger charge is -2.32. The van der Waals surface area contributed by atoms with Crippen LogP contribution in [0.5, 0.6) is 0 Å². The summed E-state index contributed by atoms with van der Waals surface area (Å²) in [6.45, 7) is 3.94. The van der Waals surface area contributed by atoms with E-state index in [-0.39, 0.29) is 17.5 Å². The predicted molar refractivity (Wildman–Crippen MR) is 94.1 cm³/mol. The van der Waals surface area contributed by atoms with E-state index in [1.165, 1.54) is 9.56 Å². The number of aromatic nitrogens is 2. The first-order valence-corrected chi connectivity index (χ1v) is 9.03. The maximum atomic E-state index is 12.4. The second-order valence-corrected chi connectivity index (χ2v) is 7.13. The number of carbonyl (C=O) groups is 1. The fourth-order valence-electron chi connectivity index (χ4n) is 2.92. The molecule has 0 radical (unpaired) electrons. The van der Waals surface area contributed by atoms with Gasteiger partial charge in [-0.3, -0.25) is 14.5 Å². The second kappa shape index (κ2) is 7.27. The first kappa shape index (κ1) is 16.9. The van der Waals surface area contributed by atoms with Crippen LogP contribution in [0.2, 0.25) is 0 Å². The summed E-state index contributed by atoms with van der Waals surface area (Å²) in [5, 5.41) is 9.36. The Morgan fingerprint density at radius 1 is 1.50 bits per heavy atom. The summed E-state index contributed by atoms with van der Waals surface area (Å²) in [7, 11) is 1.67. The summed E-state index contributed by atoms with van der Waals surface area (Å²) in [4.78, 5) is 27.5. The van der Waals surface area contributed by atoms with Crippen LogP contribution in [0.3, 0.4) is 0 Å². The lowest BCUT2D eigenvalue weighted by atomic mass is 10.0. The van der Waals surface area contributed by atoms with Gasteiger partial charge in [0.2, 0.25) is 5.91 Å². The van der Waals surface area contributed by atoms with Crippen LogP contribution in [0.4, 0.5) is 0 Å². The van der Waals surface area contributed by atoms with Gasteiger partial charge in [-0.1, -0.05) is 6.07 Å². The van der Waals surface area contributed by atoms with E-state index in [2.05, 4.69) is 21.4 Å². The van der Waals surface area contributed by atoms with Crippen molar-refractivity contribution < 1.29 is 4.79 Å². The Hall–Kier alpha value is -1.99. The van der Waals surface area contributed by atoms with Crippen molar-refractivity contribution in [3.63, 3.8) is 0 Å². The molecule has 24 heavy (non-hydrogen) atoms. The van der Waals surface area contributed by atoms with Gasteiger partial charge in [-0.15, -0.1) is 11.3 Å². The van der Waals surface area contributed by atoms with E-state index in [1.807, 2.05) is 18.4 Å². The minimum atomic E-state index is -0.217. The Kier molecular flexibility index (Phi) is 5.11. The third-order valence-corrected chi connectivity index (χ3v) is 5.38. The molecule has 1 aliphatic rings. The molecule has 0 bridgehead atoms. The van der Waals surface area contributed by atoms with Crippen LogP contribution in [0, 0.1) is 0 Å². The number of rotatable bonds is 5. The smallest absolute Gasteiger partial charge is 0.266 e. The normalized spacial score (nSPS) is 15.8. The van der Waals surface area contributed by atoms with Crippen LogP contribution in [0.15, 0.2) is 28.4 Å². The number of carbonyl (C=O) groups excluding carboxylic acids is 1. The number of aryl methyl sites for hydroxylation is 1. The van der Waals surface area contributed by atoms with Crippen molar-refractivity contribution in [1.82, 2.24) is 20.0 Å². The summed E-state index contributed by atoms with van der Waals surface area (Å²) in [5.41, 5.74) is 1.78. The van der Waals surface area contributed by atoms with E-state index in [4.69, 9.17) is 0 Å². The van der Waals surface area contributed by atoms with Gasteiger partial charge in [-0.2, -0.15) is 5.10 Å². The van der Waals surface area contributed by atoms with E-state index in [1.54, 1.807) is 24.5 Å². The van der Waals surface area contributed by atoms with E-state index in [9.17, 15) is 9.59 Å². The highest BCUT2D eigenvalue weighted by Crippen LogP contribution is 2.17. The first-order valence-electron chi connectivity index (χ1n) is 8.15. The van der Waals surface area contributed by atoms with Gasteiger partial charge in [0.05, 0.1) is 11.7 Å². The molecule has 7 heteroatoms. The molecular weight excluding hydrogens is 324 g/mol. The molecule has 128 valence electrons. The van der Waals surface area contributed by atoms with Gasteiger partial charge >= 0.3 is 0 Å². The van der Waals surface area contributed by atoms with Crippen molar-refractivity contribution in [1.29, 1.82) is 0 Å². The van der Waals surface area contributed by atoms with E-state index >= 15 is 0 Å². The molecule has 0 aromatic carbocycles. The number of hydrogen-bond acceptors (Lipinski definition) is 5. The molecule has 2 aromatic rings. The molecule has 3 rings (SSSR count). The largest absolute Gasteiger partial charge is 0.354 e. The monoisotopic (exact) mass is 346 g/mol. The molecule has 0 saturated carbocycles. The minimum Gasteiger partial charge on any atom is -0.354 e. The average Bonchev–Trinajstić information content (AvgIpc) is 3.08. The molecule has 1 amide bonds. The van der Waals surface area contributed by atoms with Gasteiger partial charge in [-0.05, 0) is 30.4 Å². The SMILES string of the molecule is CC(C(=O)NCCc1cccs1)N1CCc2nn(C)c(=O)cc2C1. The third kappa shape index (κ3) is 3.73. The molecule has 1 N–H and O–H groups in total. The summed E-state index contributed by atoms with van der Waals surface area (Å²) >= 11 is 1.71. The van der Waals surface area contributed by atoms with Gasteiger partial charge in [0.1, 0.15) is 0 Å².